The van der Waals surface area contributed by atoms with E-state index in [1.54, 1.807) is 19.2 Å². The van der Waals surface area contributed by atoms with Gasteiger partial charge in [-0.1, -0.05) is 13.8 Å². The third kappa shape index (κ3) is 6.14. The van der Waals surface area contributed by atoms with Crippen molar-refractivity contribution in [1.82, 2.24) is 0 Å². The maximum absolute atomic E-state index is 12.0. The van der Waals surface area contributed by atoms with Crippen LogP contribution in [0, 0.1) is 5.92 Å². The minimum absolute atomic E-state index is 0.141. The van der Waals surface area contributed by atoms with Crippen LogP contribution in [0.5, 0.6) is 5.75 Å². The number of hydrogen-bond donors (Lipinski definition) is 1. The van der Waals surface area contributed by atoms with Gasteiger partial charge in [-0.3, -0.25) is 0 Å². The van der Waals surface area contributed by atoms with Crippen molar-refractivity contribution in [2.75, 3.05) is 25.6 Å². The van der Waals surface area contributed by atoms with Crippen LogP contribution >= 0.6 is 0 Å². The normalized spacial score (nSPS) is 13.3. The molecule has 0 radical (unpaired) electrons. The van der Waals surface area contributed by atoms with Gasteiger partial charge >= 0.3 is 6.18 Å². The number of nitrogens with one attached hydrogen (secondary N) is 1. The van der Waals surface area contributed by atoms with E-state index in [0.717, 1.165) is 5.69 Å². The van der Waals surface area contributed by atoms with Gasteiger partial charge in [0, 0.05) is 12.8 Å². The first-order valence-electron chi connectivity index (χ1n) is 6.37. The number of hydrogen-bond acceptors (Lipinski definition) is 3. The molecule has 6 heteroatoms. The third-order valence-corrected chi connectivity index (χ3v) is 2.76. The van der Waals surface area contributed by atoms with Crippen molar-refractivity contribution in [3.63, 3.8) is 0 Å². The highest BCUT2D eigenvalue weighted by Gasteiger charge is 2.28. The fourth-order valence-electron chi connectivity index (χ4n) is 1.61. The summed E-state index contributed by atoms with van der Waals surface area (Å²) in [5.41, 5.74) is 0.820. The Balaban J connectivity index is 2.57. The van der Waals surface area contributed by atoms with Gasteiger partial charge in [-0.2, -0.15) is 13.2 Å². The topological polar surface area (TPSA) is 30.5 Å². The fourth-order valence-corrected chi connectivity index (χ4v) is 1.61. The lowest BCUT2D eigenvalue weighted by molar-refractivity contribution is -0.153. The van der Waals surface area contributed by atoms with Gasteiger partial charge in [0.25, 0.3) is 0 Å². The summed E-state index contributed by atoms with van der Waals surface area (Å²) >= 11 is 0. The first-order chi connectivity index (χ1) is 9.31. The zero-order valence-corrected chi connectivity index (χ0v) is 11.8. The van der Waals surface area contributed by atoms with Crippen molar-refractivity contribution in [3.8, 4) is 5.75 Å². The Kier molecular flexibility index (Phi) is 6.13. The summed E-state index contributed by atoms with van der Waals surface area (Å²) in [6.07, 6.45) is -4.32. The highest BCUT2D eigenvalue weighted by Crippen LogP contribution is 2.21. The number of halogens is 3. The Hall–Kier alpha value is -1.43. The summed E-state index contributed by atoms with van der Waals surface area (Å²) in [6, 6.07) is 6.55. The van der Waals surface area contributed by atoms with E-state index < -0.39 is 12.8 Å². The third-order valence-electron chi connectivity index (χ3n) is 2.76. The molecule has 0 amide bonds. The predicted molar refractivity (Wildman–Crippen MR) is 72.1 cm³/mol. The molecule has 0 fully saturated rings. The van der Waals surface area contributed by atoms with Crippen LogP contribution in [0.4, 0.5) is 18.9 Å². The van der Waals surface area contributed by atoms with Crippen LogP contribution in [-0.4, -0.2) is 32.5 Å². The summed E-state index contributed by atoms with van der Waals surface area (Å²) in [5, 5.41) is 3.28. The Morgan fingerprint density at radius 2 is 1.75 bits per heavy atom. The van der Waals surface area contributed by atoms with E-state index in [2.05, 4.69) is 23.9 Å². The minimum atomic E-state index is -4.32. The number of ether oxygens (including phenoxy) is 2. The van der Waals surface area contributed by atoms with Gasteiger partial charge in [0.05, 0.1) is 12.6 Å². The molecule has 1 rings (SSSR count). The Morgan fingerprint density at radius 1 is 1.15 bits per heavy atom. The average Bonchev–Trinajstić information content (AvgIpc) is 2.36. The van der Waals surface area contributed by atoms with Crippen molar-refractivity contribution in [2.45, 2.75) is 26.1 Å². The molecule has 114 valence electrons. The van der Waals surface area contributed by atoms with Gasteiger partial charge in [0.15, 0.2) is 6.61 Å². The van der Waals surface area contributed by atoms with E-state index in [-0.39, 0.29) is 11.8 Å². The summed E-state index contributed by atoms with van der Waals surface area (Å²) < 4.78 is 45.8. The van der Waals surface area contributed by atoms with Crippen LogP contribution in [0.15, 0.2) is 24.3 Å². The molecular weight excluding hydrogens is 271 g/mol. The van der Waals surface area contributed by atoms with E-state index in [1.165, 1.54) is 12.1 Å². The van der Waals surface area contributed by atoms with Crippen molar-refractivity contribution >= 4 is 5.69 Å². The van der Waals surface area contributed by atoms with Gasteiger partial charge < -0.3 is 14.8 Å². The standard InChI is InChI=1S/C14H20F3NO2/c1-10(2)13(8-19-3)18-11-4-6-12(7-5-11)20-9-14(15,16)17/h4-7,10,13,18H,8-9H2,1-3H3. The first kappa shape index (κ1) is 16.6. The molecule has 1 aromatic carbocycles. The molecule has 1 unspecified atom stereocenters. The Labute approximate surface area is 117 Å². The van der Waals surface area contributed by atoms with Gasteiger partial charge in [0.1, 0.15) is 5.75 Å². The second kappa shape index (κ2) is 7.38. The molecule has 1 N–H and O–H groups in total. The molecule has 0 saturated carbocycles. The van der Waals surface area contributed by atoms with E-state index in [4.69, 9.17) is 4.74 Å². The molecule has 0 aromatic heterocycles. The molecule has 20 heavy (non-hydrogen) atoms. The lowest BCUT2D eigenvalue weighted by atomic mass is 10.1. The molecule has 1 atom stereocenters. The van der Waals surface area contributed by atoms with Crippen LogP contribution in [0.2, 0.25) is 0 Å². The number of rotatable bonds is 7. The van der Waals surface area contributed by atoms with Crippen LogP contribution in [0.3, 0.4) is 0 Å². The maximum Gasteiger partial charge on any atom is 0.422 e. The molecule has 0 aliphatic heterocycles. The second-order valence-corrected chi connectivity index (χ2v) is 4.88. The number of methoxy groups -OCH3 is 1. The molecule has 0 aliphatic carbocycles. The lowest BCUT2D eigenvalue weighted by Crippen LogP contribution is -2.30. The molecular formula is C14H20F3NO2. The summed E-state index contributed by atoms with van der Waals surface area (Å²) in [4.78, 5) is 0. The minimum Gasteiger partial charge on any atom is -0.484 e. The van der Waals surface area contributed by atoms with Crippen molar-refractivity contribution in [1.29, 1.82) is 0 Å². The molecule has 0 aliphatic rings. The van der Waals surface area contributed by atoms with Crippen molar-refractivity contribution in [2.24, 2.45) is 5.92 Å². The largest absolute Gasteiger partial charge is 0.484 e. The van der Waals surface area contributed by atoms with E-state index in [9.17, 15) is 13.2 Å². The zero-order chi connectivity index (χ0) is 15.2. The molecule has 3 nitrogen and oxygen atoms in total. The van der Waals surface area contributed by atoms with Gasteiger partial charge in [-0.15, -0.1) is 0 Å². The lowest BCUT2D eigenvalue weighted by Gasteiger charge is -2.22. The zero-order valence-electron chi connectivity index (χ0n) is 11.8. The number of alkyl halides is 3. The monoisotopic (exact) mass is 291 g/mol. The van der Waals surface area contributed by atoms with Crippen LogP contribution in [-0.2, 0) is 4.74 Å². The number of anilines is 1. The predicted octanol–water partition coefficient (Wildman–Crippen LogP) is 3.71. The quantitative estimate of drug-likeness (QED) is 0.830. The van der Waals surface area contributed by atoms with E-state index >= 15 is 0 Å². The molecule has 0 bridgehead atoms. The SMILES string of the molecule is COCC(Nc1ccc(OCC(F)(F)F)cc1)C(C)C. The first-order valence-corrected chi connectivity index (χ1v) is 6.37. The number of benzene rings is 1. The van der Waals surface area contributed by atoms with Crippen LogP contribution < -0.4 is 10.1 Å². The van der Waals surface area contributed by atoms with Gasteiger partial charge in [-0.25, -0.2) is 0 Å². The molecule has 0 heterocycles. The summed E-state index contributed by atoms with van der Waals surface area (Å²) in [7, 11) is 1.63. The summed E-state index contributed by atoms with van der Waals surface area (Å²) in [6.45, 7) is 3.41. The fraction of sp³-hybridized carbons (Fsp3) is 0.571. The highest BCUT2D eigenvalue weighted by molar-refractivity contribution is 5.47. The van der Waals surface area contributed by atoms with Gasteiger partial charge in [-0.05, 0) is 30.2 Å². The highest BCUT2D eigenvalue weighted by atomic mass is 19.4. The van der Waals surface area contributed by atoms with Crippen LogP contribution in [0.25, 0.3) is 0 Å². The van der Waals surface area contributed by atoms with Crippen molar-refractivity contribution < 1.29 is 22.6 Å². The van der Waals surface area contributed by atoms with E-state index in [1.807, 2.05) is 0 Å². The molecule has 0 spiro atoms. The van der Waals surface area contributed by atoms with Gasteiger partial charge in [0.2, 0.25) is 0 Å². The van der Waals surface area contributed by atoms with Crippen LogP contribution in [0.1, 0.15) is 13.8 Å². The molecule has 1 aromatic rings. The average molecular weight is 291 g/mol. The molecule has 0 saturated heterocycles. The van der Waals surface area contributed by atoms with E-state index in [0.29, 0.717) is 12.5 Å². The summed E-state index contributed by atoms with van der Waals surface area (Å²) in [5.74, 6) is 0.566. The maximum atomic E-state index is 12.0. The second-order valence-electron chi connectivity index (χ2n) is 4.88. The Bertz CT molecular complexity index is 390. The Morgan fingerprint density at radius 3 is 2.20 bits per heavy atom. The smallest absolute Gasteiger partial charge is 0.422 e. The van der Waals surface area contributed by atoms with Crippen molar-refractivity contribution in [3.05, 3.63) is 24.3 Å².